The Balaban J connectivity index is 2.93. The van der Waals surface area contributed by atoms with Gasteiger partial charge in [-0.25, -0.2) is 4.98 Å². The summed E-state index contributed by atoms with van der Waals surface area (Å²) in [7, 11) is 0. The third-order valence-electron chi connectivity index (χ3n) is 1.64. The molecule has 0 spiro atoms. The van der Waals surface area contributed by atoms with E-state index in [2.05, 4.69) is 9.72 Å². The molecule has 2 N–H and O–H groups in total. The highest BCUT2D eigenvalue weighted by molar-refractivity contribution is 5.95. The molecule has 0 atom stereocenters. The standard InChI is InChI=1S/C9H9F3N2O2/c1-5-2-3-6(7(13)15)8(14-5)16-4-9(10,11)12/h2-3H,4H2,1H3,(H2,13,15). The van der Waals surface area contributed by atoms with E-state index in [1.165, 1.54) is 12.1 Å². The maximum absolute atomic E-state index is 11.9. The Hall–Kier alpha value is -1.79. The number of aryl methyl sites for hydroxylation is 1. The zero-order valence-corrected chi connectivity index (χ0v) is 8.34. The van der Waals surface area contributed by atoms with Crippen molar-refractivity contribution < 1.29 is 22.7 Å². The first-order valence-corrected chi connectivity index (χ1v) is 4.26. The number of nitrogens with zero attached hydrogens (tertiary/aromatic N) is 1. The quantitative estimate of drug-likeness (QED) is 0.860. The first-order chi connectivity index (χ1) is 7.29. The number of primary amides is 1. The van der Waals surface area contributed by atoms with E-state index in [0.717, 1.165) is 0 Å². The van der Waals surface area contributed by atoms with Crippen LogP contribution in [0, 0.1) is 6.92 Å². The predicted molar refractivity (Wildman–Crippen MR) is 49.0 cm³/mol. The smallest absolute Gasteiger partial charge is 0.422 e. The molecule has 0 aliphatic heterocycles. The normalized spacial score (nSPS) is 11.2. The highest BCUT2D eigenvalue weighted by atomic mass is 19.4. The summed E-state index contributed by atoms with van der Waals surface area (Å²) in [5, 5.41) is 0. The van der Waals surface area contributed by atoms with Gasteiger partial charge < -0.3 is 10.5 Å². The van der Waals surface area contributed by atoms with Crippen molar-refractivity contribution in [1.29, 1.82) is 0 Å². The van der Waals surface area contributed by atoms with E-state index < -0.39 is 24.6 Å². The molecule has 7 heteroatoms. The lowest BCUT2D eigenvalue weighted by Crippen LogP contribution is -2.22. The third-order valence-corrected chi connectivity index (χ3v) is 1.64. The summed E-state index contributed by atoms with van der Waals surface area (Å²) in [4.78, 5) is 14.6. The molecular formula is C9H9F3N2O2. The molecule has 0 unspecified atom stereocenters. The summed E-state index contributed by atoms with van der Waals surface area (Å²) in [6, 6.07) is 2.73. The van der Waals surface area contributed by atoms with Crippen LogP contribution in [0.4, 0.5) is 13.2 Å². The van der Waals surface area contributed by atoms with Gasteiger partial charge in [0.25, 0.3) is 5.91 Å². The number of aromatic nitrogens is 1. The minimum Gasteiger partial charge on any atom is -0.467 e. The number of rotatable bonds is 3. The molecule has 1 heterocycles. The molecule has 0 aliphatic rings. The molecule has 1 amide bonds. The van der Waals surface area contributed by atoms with E-state index in [1.807, 2.05) is 0 Å². The Labute approximate surface area is 89.2 Å². The highest BCUT2D eigenvalue weighted by Crippen LogP contribution is 2.20. The summed E-state index contributed by atoms with van der Waals surface area (Å²) < 4.78 is 40.1. The maximum Gasteiger partial charge on any atom is 0.422 e. The molecule has 0 saturated carbocycles. The Morgan fingerprint density at radius 2 is 2.12 bits per heavy atom. The van der Waals surface area contributed by atoms with Crippen molar-refractivity contribution in [2.45, 2.75) is 13.1 Å². The number of ether oxygens (including phenoxy) is 1. The number of halogens is 3. The van der Waals surface area contributed by atoms with Gasteiger partial charge in [0.2, 0.25) is 5.88 Å². The number of carbonyl (C=O) groups excluding carboxylic acids is 1. The topological polar surface area (TPSA) is 65.2 Å². The van der Waals surface area contributed by atoms with Gasteiger partial charge in [0.05, 0.1) is 0 Å². The van der Waals surface area contributed by atoms with Crippen LogP contribution in [0.25, 0.3) is 0 Å². The fourth-order valence-electron chi connectivity index (χ4n) is 0.981. The van der Waals surface area contributed by atoms with E-state index in [1.54, 1.807) is 6.92 Å². The van der Waals surface area contributed by atoms with E-state index >= 15 is 0 Å². The molecule has 4 nitrogen and oxygen atoms in total. The van der Waals surface area contributed by atoms with Crippen molar-refractivity contribution in [3.63, 3.8) is 0 Å². The van der Waals surface area contributed by atoms with Crippen LogP contribution < -0.4 is 10.5 Å². The Kier molecular flexibility index (Phi) is 3.36. The molecule has 88 valence electrons. The second kappa shape index (κ2) is 4.38. The average Bonchev–Trinajstić information content (AvgIpc) is 2.13. The maximum atomic E-state index is 11.9. The van der Waals surface area contributed by atoms with Gasteiger partial charge in [-0.3, -0.25) is 4.79 Å². The SMILES string of the molecule is Cc1ccc(C(N)=O)c(OCC(F)(F)F)n1. The average molecular weight is 234 g/mol. The molecule has 1 rings (SSSR count). The number of hydrogen-bond acceptors (Lipinski definition) is 3. The van der Waals surface area contributed by atoms with Crippen LogP contribution in [0.1, 0.15) is 16.1 Å². The summed E-state index contributed by atoms with van der Waals surface area (Å²) >= 11 is 0. The minimum absolute atomic E-state index is 0.171. The van der Waals surface area contributed by atoms with E-state index in [9.17, 15) is 18.0 Å². The van der Waals surface area contributed by atoms with Gasteiger partial charge in [0.1, 0.15) is 5.56 Å². The van der Waals surface area contributed by atoms with Gasteiger partial charge in [0, 0.05) is 5.69 Å². The van der Waals surface area contributed by atoms with E-state index in [-0.39, 0.29) is 5.56 Å². The van der Waals surface area contributed by atoms with Crippen molar-refractivity contribution in [2.24, 2.45) is 5.73 Å². The Morgan fingerprint density at radius 3 is 2.62 bits per heavy atom. The molecular weight excluding hydrogens is 225 g/mol. The van der Waals surface area contributed by atoms with Crippen molar-refractivity contribution in [3.05, 3.63) is 23.4 Å². The number of alkyl halides is 3. The van der Waals surface area contributed by atoms with Gasteiger partial charge in [-0.15, -0.1) is 0 Å². The van der Waals surface area contributed by atoms with E-state index in [4.69, 9.17) is 5.73 Å². The van der Waals surface area contributed by atoms with Crippen molar-refractivity contribution >= 4 is 5.91 Å². The van der Waals surface area contributed by atoms with Crippen LogP contribution in [0.3, 0.4) is 0 Å². The van der Waals surface area contributed by atoms with Crippen LogP contribution in [-0.2, 0) is 0 Å². The van der Waals surface area contributed by atoms with Gasteiger partial charge in [0.15, 0.2) is 6.61 Å². The number of hydrogen-bond donors (Lipinski definition) is 1. The molecule has 0 aromatic carbocycles. The number of pyridine rings is 1. The van der Waals surface area contributed by atoms with Gasteiger partial charge in [-0.2, -0.15) is 13.2 Å². The van der Waals surface area contributed by atoms with Crippen LogP contribution in [-0.4, -0.2) is 23.7 Å². The Bertz CT molecular complexity index is 404. The van der Waals surface area contributed by atoms with Gasteiger partial charge in [-0.05, 0) is 19.1 Å². The monoisotopic (exact) mass is 234 g/mol. The molecule has 1 aromatic heterocycles. The van der Waals surface area contributed by atoms with Crippen molar-refractivity contribution in [3.8, 4) is 5.88 Å². The van der Waals surface area contributed by atoms with Crippen LogP contribution in [0.5, 0.6) is 5.88 Å². The number of amides is 1. The highest BCUT2D eigenvalue weighted by Gasteiger charge is 2.29. The van der Waals surface area contributed by atoms with Crippen molar-refractivity contribution in [1.82, 2.24) is 4.98 Å². The molecule has 16 heavy (non-hydrogen) atoms. The third kappa shape index (κ3) is 3.41. The number of nitrogens with two attached hydrogens (primary N) is 1. The van der Waals surface area contributed by atoms with Crippen LogP contribution in [0.15, 0.2) is 12.1 Å². The van der Waals surface area contributed by atoms with Crippen LogP contribution >= 0.6 is 0 Å². The second-order valence-corrected chi connectivity index (χ2v) is 3.07. The first-order valence-electron chi connectivity index (χ1n) is 4.26. The fraction of sp³-hybridized carbons (Fsp3) is 0.333. The molecule has 0 radical (unpaired) electrons. The molecule has 0 fully saturated rings. The fourth-order valence-corrected chi connectivity index (χ4v) is 0.981. The molecule has 0 bridgehead atoms. The van der Waals surface area contributed by atoms with Gasteiger partial charge in [-0.1, -0.05) is 0 Å². The molecule has 0 saturated heterocycles. The zero-order valence-electron chi connectivity index (χ0n) is 8.34. The molecule has 1 aromatic rings. The van der Waals surface area contributed by atoms with E-state index in [0.29, 0.717) is 5.69 Å². The predicted octanol–water partition coefficient (Wildman–Crippen LogP) is 1.43. The summed E-state index contributed by atoms with van der Waals surface area (Å²) in [6.45, 7) is 0.0506. The largest absolute Gasteiger partial charge is 0.467 e. The Morgan fingerprint density at radius 1 is 1.50 bits per heavy atom. The minimum atomic E-state index is -4.49. The second-order valence-electron chi connectivity index (χ2n) is 3.07. The molecule has 0 aliphatic carbocycles. The lowest BCUT2D eigenvalue weighted by atomic mass is 10.2. The van der Waals surface area contributed by atoms with Gasteiger partial charge >= 0.3 is 6.18 Å². The van der Waals surface area contributed by atoms with Crippen molar-refractivity contribution in [2.75, 3.05) is 6.61 Å². The summed E-state index contributed by atoms with van der Waals surface area (Å²) in [5.41, 5.74) is 5.22. The zero-order chi connectivity index (χ0) is 12.3. The lowest BCUT2D eigenvalue weighted by Gasteiger charge is -2.10. The number of carbonyl (C=O) groups is 1. The summed E-state index contributed by atoms with van der Waals surface area (Å²) in [5.74, 6) is -1.28. The first kappa shape index (κ1) is 12.3. The van der Waals surface area contributed by atoms with Crippen LogP contribution in [0.2, 0.25) is 0 Å². The summed E-state index contributed by atoms with van der Waals surface area (Å²) in [6.07, 6.45) is -4.49. The lowest BCUT2D eigenvalue weighted by molar-refractivity contribution is -0.154.